The summed E-state index contributed by atoms with van der Waals surface area (Å²) in [5, 5.41) is 15.2. The lowest BCUT2D eigenvalue weighted by Crippen LogP contribution is -2.12. The van der Waals surface area contributed by atoms with E-state index in [2.05, 4.69) is 15.4 Å². The Hall–Kier alpha value is -2.41. The molecule has 1 amide bonds. The number of amides is 1. The van der Waals surface area contributed by atoms with Crippen LogP contribution in [-0.2, 0) is 11.3 Å². The van der Waals surface area contributed by atoms with Crippen molar-refractivity contribution in [3.63, 3.8) is 0 Å². The molecular formula is C11H9ClN4O3. The lowest BCUT2D eigenvalue weighted by Gasteiger charge is -2.03. The molecule has 2 rings (SSSR count). The predicted molar refractivity (Wildman–Crippen MR) is 67.1 cm³/mol. The molecule has 0 aliphatic heterocycles. The highest BCUT2D eigenvalue weighted by atomic mass is 35.5. The van der Waals surface area contributed by atoms with Gasteiger partial charge in [-0.05, 0) is 6.07 Å². The number of rotatable bonds is 4. The molecule has 19 heavy (non-hydrogen) atoms. The number of anilines is 1. The highest BCUT2D eigenvalue weighted by molar-refractivity contribution is 6.34. The smallest absolute Gasteiger partial charge is 0.325 e. The first-order chi connectivity index (χ1) is 9.06. The molecule has 2 heterocycles. The van der Waals surface area contributed by atoms with Crippen LogP contribution in [0.4, 0.5) is 5.69 Å². The molecule has 0 atom stereocenters. The van der Waals surface area contributed by atoms with E-state index in [4.69, 9.17) is 16.7 Å². The standard InChI is InChI=1S/C11H9ClN4O3/c12-9-4-13-2-1-8(9)11(19)15-7-3-14-16(5-7)6-10(17)18/h1-5H,6H2,(H,15,19)(H,17,18). The number of carbonyl (C=O) groups is 2. The van der Waals surface area contributed by atoms with Crippen molar-refractivity contribution >= 4 is 29.2 Å². The van der Waals surface area contributed by atoms with E-state index in [1.807, 2.05) is 0 Å². The quantitative estimate of drug-likeness (QED) is 0.879. The lowest BCUT2D eigenvalue weighted by molar-refractivity contribution is -0.137. The Morgan fingerprint density at radius 1 is 1.42 bits per heavy atom. The number of halogens is 1. The van der Waals surface area contributed by atoms with E-state index in [9.17, 15) is 9.59 Å². The van der Waals surface area contributed by atoms with Crippen molar-refractivity contribution in [2.75, 3.05) is 5.32 Å². The zero-order valence-electron chi connectivity index (χ0n) is 9.58. The van der Waals surface area contributed by atoms with Crippen molar-refractivity contribution < 1.29 is 14.7 Å². The van der Waals surface area contributed by atoms with E-state index in [0.29, 0.717) is 5.69 Å². The third-order valence-corrected chi connectivity index (χ3v) is 2.51. The molecule has 2 N–H and O–H groups in total. The van der Waals surface area contributed by atoms with Gasteiger partial charge < -0.3 is 10.4 Å². The van der Waals surface area contributed by atoms with Crippen molar-refractivity contribution in [2.45, 2.75) is 6.54 Å². The van der Waals surface area contributed by atoms with Crippen LogP contribution in [0.25, 0.3) is 0 Å². The molecule has 0 bridgehead atoms. The molecule has 0 radical (unpaired) electrons. The number of carboxylic acids is 1. The van der Waals surface area contributed by atoms with Crippen LogP contribution in [-0.4, -0.2) is 31.7 Å². The van der Waals surface area contributed by atoms with Gasteiger partial charge in [-0.1, -0.05) is 11.6 Å². The molecule has 98 valence electrons. The Bertz CT molecular complexity index is 626. The molecule has 0 unspecified atom stereocenters. The van der Waals surface area contributed by atoms with Gasteiger partial charge in [-0.15, -0.1) is 0 Å². The van der Waals surface area contributed by atoms with Crippen molar-refractivity contribution in [2.24, 2.45) is 0 Å². The van der Waals surface area contributed by atoms with Crippen LogP contribution in [0.1, 0.15) is 10.4 Å². The van der Waals surface area contributed by atoms with Gasteiger partial charge in [0.15, 0.2) is 0 Å². The summed E-state index contributed by atoms with van der Waals surface area (Å²) < 4.78 is 1.20. The van der Waals surface area contributed by atoms with Gasteiger partial charge in [-0.2, -0.15) is 5.10 Å². The first-order valence-electron chi connectivity index (χ1n) is 5.21. The summed E-state index contributed by atoms with van der Waals surface area (Å²) in [7, 11) is 0. The number of nitrogens with one attached hydrogen (secondary N) is 1. The van der Waals surface area contributed by atoms with Crippen molar-refractivity contribution in [1.82, 2.24) is 14.8 Å². The second kappa shape index (κ2) is 5.49. The molecule has 2 aromatic rings. The summed E-state index contributed by atoms with van der Waals surface area (Å²) >= 11 is 5.84. The van der Waals surface area contributed by atoms with Crippen LogP contribution in [0.5, 0.6) is 0 Å². The predicted octanol–water partition coefficient (Wildman–Crippen LogP) is 1.27. The highest BCUT2D eigenvalue weighted by Gasteiger charge is 2.11. The van der Waals surface area contributed by atoms with E-state index < -0.39 is 11.9 Å². The van der Waals surface area contributed by atoms with Crippen molar-refractivity contribution in [3.8, 4) is 0 Å². The number of carboxylic acid groups (broad SMARTS) is 1. The molecule has 7 nitrogen and oxygen atoms in total. The second-order valence-corrected chi connectivity index (χ2v) is 4.04. The Morgan fingerprint density at radius 2 is 2.21 bits per heavy atom. The summed E-state index contributed by atoms with van der Waals surface area (Å²) in [6, 6.07) is 1.49. The third-order valence-electron chi connectivity index (χ3n) is 2.21. The van der Waals surface area contributed by atoms with E-state index in [1.54, 1.807) is 0 Å². The number of pyridine rings is 1. The topological polar surface area (TPSA) is 97.1 Å². The first-order valence-corrected chi connectivity index (χ1v) is 5.59. The van der Waals surface area contributed by atoms with Gasteiger partial charge in [0.2, 0.25) is 0 Å². The fraction of sp³-hybridized carbons (Fsp3) is 0.0909. The SMILES string of the molecule is O=C(O)Cn1cc(NC(=O)c2ccncc2Cl)cn1. The van der Waals surface area contributed by atoms with Crippen LogP contribution in [0, 0.1) is 0 Å². The lowest BCUT2D eigenvalue weighted by atomic mass is 10.2. The molecule has 0 spiro atoms. The van der Waals surface area contributed by atoms with Crippen molar-refractivity contribution in [3.05, 3.63) is 41.4 Å². The Labute approximate surface area is 112 Å². The fourth-order valence-electron chi connectivity index (χ4n) is 1.41. The average Bonchev–Trinajstić information content (AvgIpc) is 2.76. The number of aliphatic carboxylic acids is 1. The minimum Gasteiger partial charge on any atom is -0.480 e. The molecule has 0 saturated carbocycles. The summed E-state index contributed by atoms with van der Waals surface area (Å²) in [5.41, 5.74) is 0.668. The molecular weight excluding hydrogens is 272 g/mol. The minimum atomic E-state index is -1.02. The molecule has 0 aliphatic carbocycles. The molecule has 0 aliphatic rings. The Balaban J connectivity index is 2.09. The molecule has 0 fully saturated rings. The summed E-state index contributed by atoms with van der Waals surface area (Å²) in [5.74, 6) is -1.43. The van der Waals surface area contributed by atoms with Gasteiger partial charge in [0.1, 0.15) is 6.54 Å². The number of nitrogens with zero attached hydrogens (tertiary/aromatic N) is 3. The van der Waals surface area contributed by atoms with E-state index in [0.717, 1.165) is 0 Å². The number of aromatic nitrogens is 3. The average molecular weight is 281 g/mol. The second-order valence-electron chi connectivity index (χ2n) is 3.63. The Kier molecular flexibility index (Phi) is 3.76. The summed E-state index contributed by atoms with van der Waals surface area (Å²) in [6.45, 7) is -0.272. The van der Waals surface area contributed by atoms with Crippen molar-refractivity contribution in [1.29, 1.82) is 0 Å². The maximum absolute atomic E-state index is 11.9. The van der Waals surface area contributed by atoms with Gasteiger partial charge in [-0.3, -0.25) is 19.3 Å². The number of hydrogen-bond acceptors (Lipinski definition) is 4. The van der Waals surface area contributed by atoms with E-state index >= 15 is 0 Å². The van der Waals surface area contributed by atoms with Crippen LogP contribution >= 0.6 is 11.6 Å². The van der Waals surface area contributed by atoms with Gasteiger partial charge in [-0.25, -0.2) is 0 Å². The number of hydrogen-bond donors (Lipinski definition) is 2. The fourth-order valence-corrected chi connectivity index (χ4v) is 1.62. The largest absolute Gasteiger partial charge is 0.480 e. The third kappa shape index (κ3) is 3.29. The van der Waals surface area contributed by atoms with Crippen LogP contribution in [0.3, 0.4) is 0 Å². The maximum Gasteiger partial charge on any atom is 0.325 e. The monoisotopic (exact) mass is 280 g/mol. The minimum absolute atomic E-state index is 0.234. The zero-order chi connectivity index (χ0) is 13.8. The Morgan fingerprint density at radius 3 is 2.89 bits per heavy atom. The summed E-state index contributed by atoms with van der Waals surface area (Å²) in [4.78, 5) is 26.2. The van der Waals surface area contributed by atoms with Gasteiger partial charge in [0.05, 0.1) is 22.5 Å². The van der Waals surface area contributed by atoms with Crippen LogP contribution in [0.15, 0.2) is 30.9 Å². The van der Waals surface area contributed by atoms with Gasteiger partial charge in [0.25, 0.3) is 5.91 Å². The van der Waals surface area contributed by atoms with Gasteiger partial charge in [0, 0.05) is 18.6 Å². The molecule has 0 aromatic carbocycles. The van der Waals surface area contributed by atoms with Crippen LogP contribution in [0.2, 0.25) is 5.02 Å². The molecule has 8 heteroatoms. The molecule has 0 saturated heterocycles. The highest BCUT2D eigenvalue weighted by Crippen LogP contribution is 2.15. The molecule has 2 aromatic heterocycles. The van der Waals surface area contributed by atoms with Crippen LogP contribution < -0.4 is 5.32 Å². The normalized spacial score (nSPS) is 10.2. The first kappa shape index (κ1) is 13.0. The van der Waals surface area contributed by atoms with E-state index in [-0.39, 0.29) is 17.1 Å². The maximum atomic E-state index is 11.9. The number of carbonyl (C=O) groups excluding carboxylic acids is 1. The zero-order valence-corrected chi connectivity index (χ0v) is 10.3. The van der Waals surface area contributed by atoms with Gasteiger partial charge >= 0.3 is 5.97 Å². The summed E-state index contributed by atoms with van der Waals surface area (Å²) in [6.07, 6.45) is 5.59. The van der Waals surface area contributed by atoms with E-state index in [1.165, 1.54) is 35.5 Å².